The van der Waals surface area contributed by atoms with Crippen LogP contribution in [0.15, 0.2) is 30.4 Å². The third-order valence-corrected chi connectivity index (χ3v) is 5.35. The molecule has 3 aliphatic rings. The van der Waals surface area contributed by atoms with E-state index in [1.807, 2.05) is 0 Å². The number of hydrogen-bond acceptors (Lipinski definition) is 6. The molecule has 1 aromatic carbocycles. The minimum atomic E-state index is -0.873. The van der Waals surface area contributed by atoms with Crippen LogP contribution in [0.1, 0.15) is 13.8 Å². The largest absolute Gasteiger partial charge is 0.496 e. The molecule has 2 amide bonds. The Bertz CT molecular complexity index is 829. The SMILES string of the molecule is COc1ccc(N2C(=O)[C@@H]3[C@H](C2=O)[C@@]2(C)C=C[C@@]3(C)O2)c([N+](=O)[O-])c1. The molecule has 130 valence electrons. The number of imide groups is 1. The van der Waals surface area contributed by atoms with Crippen LogP contribution >= 0.6 is 0 Å². The molecule has 0 unspecified atom stereocenters. The molecule has 1 aromatic rings. The van der Waals surface area contributed by atoms with Gasteiger partial charge in [-0.2, -0.15) is 0 Å². The molecule has 2 bridgehead atoms. The summed E-state index contributed by atoms with van der Waals surface area (Å²) < 4.78 is 10.9. The lowest BCUT2D eigenvalue weighted by Gasteiger charge is -2.25. The predicted molar refractivity (Wildman–Crippen MR) is 86.2 cm³/mol. The minimum Gasteiger partial charge on any atom is -0.496 e. The highest BCUT2D eigenvalue weighted by molar-refractivity contribution is 6.24. The summed E-state index contributed by atoms with van der Waals surface area (Å²) in [6, 6.07) is 4.06. The van der Waals surface area contributed by atoms with Gasteiger partial charge in [-0.15, -0.1) is 0 Å². The number of nitro groups is 1. The van der Waals surface area contributed by atoms with Gasteiger partial charge in [0.05, 0.1) is 41.1 Å². The molecule has 0 saturated carbocycles. The van der Waals surface area contributed by atoms with E-state index in [0.29, 0.717) is 0 Å². The summed E-state index contributed by atoms with van der Waals surface area (Å²) in [5, 5.41) is 11.4. The Labute approximate surface area is 143 Å². The lowest BCUT2D eigenvalue weighted by molar-refractivity contribution is -0.384. The first kappa shape index (κ1) is 15.8. The molecule has 3 aliphatic heterocycles. The van der Waals surface area contributed by atoms with Crippen LogP contribution in [-0.4, -0.2) is 35.0 Å². The smallest absolute Gasteiger partial charge is 0.297 e. The van der Waals surface area contributed by atoms with Crippen molar-refractivity contribution in [1.29, 1.82) is 0 Å². The zero-order valence-electron chi connectivity index (χ0n) is 13.9. The number of anilines is 1. The van der Waals surface area contributed by atoms with Crippen molar-refractivity contribution in [3.63, 3.8) is 0 Å². The Balaban J connectivity index is 1.83. The van der Waals surface area contributed by atoms with Gasteiger partial charge in [-0.3, -0.25) is 19.7 Å². The molecule has 8 nitrogen and oxygen atoms in total. The molecule has 25 heavy (non-hydrogen) atoms. The topological polar surface area (TPSA) is 99.0 Å². The van der Waals surface area contributed by atoms with Crippen LogP contribution in [0.4, 0.5) is 11.4 Å². The molecular formula is C17H16N2O6. The number of ether oxygens (including phenoxy) is 2. The normalized spacial score (nSPS) is 35.4. The van der Waals surface area contributed by atoms with Crippen LogP contribution in [0.25, 0.3) is 0 Å². The minimum absolute atomic E-state index is 0.0400. The van der Waals surface area contributed by atoms with Crippen LogP contribution in [0.5, 0.6) is 5.75 Å². The zero-order chi connectivity index (χ0) is 18.1. The van der Waals surface area contributed by atoms with Gasteiger partial charge in [0.2, 0.25) is 11.8 Å². The van der Waals surface area contributed by atoms with Crippen molar-refractivity contribution in [2.75, 3.05) is 12.0 Å². The van der Waals surface area contributed by atoms with E-state index in [2.05, 4.69) is 0 Å². The number of nitro benzene ring substituents is 1. The average molecular weight is 344 g/mol. The third-order valence-electron chi connectivity index (χ3n) is 5.35. The van der Waals surface area contributed by atoms with E-state index in [1.165, 1.54) is 25.3 Å². The molecule has 4 atom stereocenters. The van der Waals surface area contributed by atoms with Crippen molar-refractivity contribution >= 4 is 23.2 Å². The second kappa shape index (κ2) is 4.66. The Kier molecular flexibility index (Phi) is 2.94. The van der Waals surface area contributed by atoms with E-state index in [4.69, 9.17) is 9.47 Å². The number of nitrogens with zero attached hydrogens (tertiary/aromatic N) is 2. The van der Waals surface area contributed by atoms with Gasteiger partial charge in [-0.1, -0.05) is 12.2 Å². The summed E-state index contributed by atoms with van der Waals surface area (Å²) >= 11 is 0. The molecule has 4 rings (SSSR count). The molecular weight excluding hydrogens is 328 g/mol. The molecule has 2 saturated heterocycles. The van der Waals surface area contributed by atoms with Crippen molar-refractivity contribution in [2.24, 2.45) is 11.8 Å². The zero-order valence-corrected chi connectivity index (χ0v) is 13.9. The Hall–Kier alpha value is -2.74. The van der Waals surface area contributed by atoms with Gasteiger partial charge in [0.1, 0.15) is 11.4 Å². The van der Waals surface area contributed by atoms with Gasteiger partial charge in [-0.05, 0) is 26.0 Å². The van der Waals surface area contributed by atoms with Crippen molar-refractivity contribution in [3.05, 3.63) is 40.5 Å². The number of fused-ring (bicyclic) bond motifs is 5. The average Bonchev–Trinajstić information content (AvgIpc) is 3.11. The molecule has 2 fully saturated rings. The first-order valence-corrected chi connectivity index (χ1v) is 7.83. The van der Waals surface area contributed by atoms with Gasteiger partial charge < -0.3 is 9.47 Å². The number of rotatable bonds is 3. The highest BCUT2D eigenvalue weighted by Gasteiger charge is 2.70. The number of benzene rings is 1. The lowest BCUT2D eigenvalue weighted by Crippen LogP contribution is -2.39. The van der Waals surface area contributed by atoms with Gasteiger partial charge in [-0.25, -0.2) is 4.90 Å². The van der Waals surface area contributed by atoms with Gasteiger partial charge in [0.15, 0.2) is 0 Å². The van der Waals surface area contributed by atoms with Crippen molar-refractivity contribution < 1.29 is 24.0 Å². The van der Waals surface area contributed by atoms with Gasteiger partial charge in [0, 0.05) is 0 Å². The fourth-order valence-corrected chi connectivity index (χ4v) is 4.23. The summed E-state index contributed by atoms with van der Waals surface area (Å²) in [7, 11) is 1.39. The van der Waals surface area contributed by atoms with Gasteiger partial charge in [0.25, 0.3) is 5.69 Å². The Morgan fingerprint density at radius 3 is 2.20 bits per heavy atom. The van der Waals surface area contributed by atoms with Gasteiger partial charge >= 0.3 is 0 Å². The van der Waals surface area contributed by atoms with Crippen molar-refractivity contribution in [2.45, 2.75) is 25.0 Å². The van der Waals surface area contributed by atoms with E-state index in [-0.39, 0.29) is 17.1 Å². The Morgan fingerprint density at radius 2 is 1.72 bits per heavy atom. The van der Waals surface area contributed by atoms with E-state index in [9.17, 15) is 19.7 Å². The number of amides is 2. The quantitative estimate of drug-likeness (QED) is 0.359. The predicted octanol–water partition coefficient (Wildman–Crippen LogP) is 1.83. The van der Waals surface area contributed by atoms with Crippen LogP contribution in [-0.2, 0) is 14.3 Å². The maximum atomic E-state index is 13.0. The van der Waals surface area contributed by atoms with E-state index >= 15 is 0 Å². The fraction of sp³-hybridized carbons (Fsp3) is 0.412. The molecule has 0 N–H and O–H groups in total. The van der Waals surface area contributed by atoms with E-state index < -0.39 is 39.8 Å². The van der Waals surface area contributed by atoms with Crippen molar-refractivity contribution in [3.8, 4) is 5.75 Å². The summed E-state index contributed by atoms with van der Waals surface area (Å²) in [5.74, 6) is -2.04. The van der Waals surface area contributed by atoms with Crippen molar-refractivity contribution in [1.82, 2.24) is 0 Å². The number of methoxy groups -OCH3 is 1. The molecule has 0 aromatic heterocycles. The third kappa shape index (κ3) is 1.85. The summed E-state index contributed by atoms with van der Waals surface area (Å²) in [5.41, 5.74) is -2.14. The first-order valence-electron chi connectivity index (χ1n) is 7.83. The summed E-state index contributed by atoms with van der Waals surface area (Å²) in [4.78, 5) is 37.7. The highest BCUT2D eigenvalue weighted by Crippen LogP contribution is 2.58. The number of carbonyl (C=O) groups is 2. The number of carbonyl (C=O) groups excluding carboxylic acids is 2. The fourth-order valence-electron chi connectivity index (χ4n) is 4.23. The second-order valence-corrected chi connectivity index (χ2v) is 6.88. The molecule has 8 heteroatoms. The molecule has 3 heterocycles. The van der Waals surface area contributed by atoms with Crippen LogP contribution in [0.3, 0.4) is 0 Å². The highest BCUT2D eigenvalue weighted by atomic mass is 16.6. The van der Waals surface area contributed by atoms with Crippen LogP contribution in [0.2, 0.25) is 0 Å². The maximum absolute atomic E-state index is 13.0. The lowest BCUT2D eigenvalue weighted by atomic mass is 9.73. The van der Waals surface area contributed by atoms with E-state index in [1.54, 1.807) is 26.0 Å². The van der Waals surface area contributed by atoms with Crippen LogP contribution in [0, 0.1) is 22.0 Å². The summed E-state index contributed by atoms with van der Waals surface area (Å²) in [6.45, 7) is 3.52. The number of hydrogen-bond donors (Lipinski definition) is 0. The molecule has 0 radical (unpaired) electrons. The van der Waals surface area contributed by atoms with E-state index in [0.717, 1.165) is 4.90 Å². The van der Waals surface area contributed by atoms with Crippen LogP contribution < -0.4 is 9.64 Å². The standard InChI is InChI=1S/C17H16N2O6/c1-16-6-7-17(2,25-16)13-12(16)14(20)18(15(13)21)10-5-4-9(24-3)8-11(10)19(22)23/h4-8,12-13H,1-3H3/t12-,13+,16-,17-/m1/s1. The maximum Gasteiger partial charge on any atom is 0.297 e. The summed E-state index contributed by atoms with van der Waals surface area (Å²) in [6.07, 6.45) is 3.59. The second-order valence-electron chi connectivity index (χ2n) is 6.88. The molecule has 0 spiro atoms. The first-order chi connectivity index (χ1) is 11.7. The molecule has 0 aliphatic carbocycles. The monoisotopic (exact) mass is 344 g/mol. The Morgan fingerprint density at radius 1 is 1.16 bits per heavy atom.